The highest BCUT2D eigenvalue weighted by Gasteiger charge is 2.31. The third-order valence-electron chi connectivity index (χ3n) is 5.19. The molecule has 3 aromatic rings. The second-order valence-electron chi connectivity index (χ2n) is 6.78. The lowest BCUT2D eigenvalue weighted by Crippen LogP contribution is -2.44. The molecule has 0 saturated carbocycles. The van der Waals surface area contributed by atoms with Crippen molar-refractivity contribution >= 4 is 22.5 Å². The minimum atomic E-state index is 0.315. The Bertz CT molecular complexity index is 917. The first-order valence-corrected chi connectivity index (χ1v) is 8.70. The van der Waals surface area contributed by atoms with Gasteiger partial charge in [0.25, 0.3) is 0 Å². The number of aromatic nitrogens is 5. The summed E-state index contributed by atoms with van der Waals surface area (Å²) in [5.74, 6) is 1.82. The molecular weight excluding hydrogens is 318 g/mol. The first kappa shape index (κ1) is 14.7. The summed E-state index contributed by atoms with van der Waals surface area (Å²) in [5, 5.41) is 12.8. The van der Waals surface area contributed by atoms with E-state index in [4.69, 9.17) is 9.72 Å². The van der Waals surface area contributed by atoms with Crippen LogP contribution in [0.1, 0.15) is 12.5 Å². The van der Waals surface area contributed by atoms with Crippen LogP contribution < -0.4 is 9.80 Å². The molecule has 0 bridgehead atoms. The largest absolute Gasteiger partial charge is 0.377 e. The molecule has 0 radical (unpaired) electrons. The van der Waals surface area contributed by atoms with E-state index in [1.165, 1.54) is 11.3 Å². The van der Waals surface area contributed by atoms with Gasteiger partial charge in [0.15, 0.2) is 11.5 Å². The van der Waals surface area contributed by atoms with Crippen LogP contribution in [-0.2, 0) is 11.2 Å². The molecule has 1 N–H and O–H groups in total. The number of ether oxygens (including phenoxy) is 1. The van der Waals surface area contributed by atoms with E-state index in [1.54, 1.807) is 6.20 Å². The molecule has 8 nitrogen and oxygen atoms in total. The van der Waals surface area contributed by atoms with E-state index in [0.29, 0.717) is 6.04 Å². The average molecular weight is 339 g/mol. The van der Waals surface area contributed by atoms with Gasteiger partial charge >= 0.3 is 0 Å². The molecule has 3 aromatic heterocycles. The molecule has 2 aliphatic heterocycles. The van der Waals surface area contributed by atoms with E-state index < -0.39 is 0 Å². The number of pyridine rings is 1. The van der Waals surface area contributed by atoms with Crippen molar-refractivity contribution in [2.24, 2.45) is 0 Å². The van der Waals surface area contributed by atoms with Crippen molar-refractivity contribution in [1.29, 1.82) is 0 Å². The fourth-order valence-corrected chi connectivity index (χ4v) is 3.93. The highest BCUT2D eigenvalue weighted by Crippen LogP contribution is 2.40. The van der Waals surface area contributed by atoms with Gasteiger partial charge in [-0.15, -0.1) is 0 Å². The second-order valence-corrected chi connectivity index (χ2v) is 6.78. The van der Waals surface area contributed by atoms with E-state index in [1.807, 2.05) is 16.9 Å². The van der Waals surface area contributed by atoms with Crippen LogP contribution in [0.2, 0.25) is 0 Å². The molecule has 8 heteroatoms. The summed E-state index contributed by atoms with van der Waals surface area (Å²) in [6.07, 6.45) is 4.72. The third-order valence-corrected chi connectivity index (χ3v) is 5.19. The van der Waals surface area contributed by atoms with Crippen molar-refractivity contribution in [2.75, 3.05) is 43.2 Å². The molecule has 0 aliphatic carbocycles. The summed E-state index contributed by atoms with van der Waals surface area (Å²) in [4.78, 5) is 9.75. The summed E-state index contributed by atoms with van der Waals surface area (Å²) in [7, 11) is 2.14. The summed E-state index contributed by atoms with van der Waals surface area (Å²) < 4.78 is 7.43. The zero-order valence-corrected chi connectivity index (χ0v) is 14.4. The van der Waals surface area contributed by atoms with Crippen molar-refractivity contribution in [2.45, 2.75) is 19.4 Å². The normalized spacial score (nSPS) is 20.5. The summed E-state index contributed by atoms with van der Waals surface area (Å²) in [6, 6.07) is 2.22. The SMILES string of the molecule is CC1COCCN1c1nc2c(cnn2-c2cc[nH]n2)c2c1CCN2C. The molecule has 5 rings (SSSR count). The van der Waals surface area contributed by atoms with Crippen LogP contribution in [0.5, 0.6) is 0 Å². The Morgan fingerprint density at radius 1 is 1.32 bits per heavy atom. The number of rotatable bonds is 2. The fourth-order valence-electron chi connectivity index (χ4n) is 3.93. The minimum Gasteiger partial charge on any atom is -0.377 e. The van der Waals surface area contributed by atoms with Gasteiger partial charge in [-0.05, 0) is 13.3 Å². The van der Waals surface area contributed by atoms with Gasteiger partial charge in [-0.2, -0.15) is 14.9 Å². The number of hydrogen-bond acceptors (Lipinski definition) is 6. The first-order chi connectivity index (χ1) is 12.2. The summed E-state index contributed by atoms with van der Waals surface area (Å²) in [5.41, 5.74) is 3.43. The van der Waals surface area contributed by atoms with Gasteiger partial charge in [0.05, 0.1) is 36.5 Å². The Balaban J connectivity index is 1.76. The molecule has 1 saturated heterocycles. The molecule has 1 atom stereocenters. The maximum absolute atomic E-state index is 5.62. The van der Waals surface area contributed by atoms with Crippen molar-refractivity contribution < 1.29 is 4.74 Å². The summed E-state index contributed by atoms with van der Waals surface area (Å²) >= 11 is 0. The number of aromatic amines is 1. The van der Waals surface area contributed by atoms with Crippen molar-refractivity contribution in [3.8, 4) is 5.82 Å². The minimum absolute atomic E-state index is 0.315. The Morgan fingerprint density at radius 2 is 2.24 bits per heavy atom. The van der Waals surface area contributed by atoms with E-state index in [9.17, 15) is 0 Å². The number of anilines is 2. The molecule has 1 fully saturated rings. The lowest BCUT2D eigenvalue weighted by atomic mass is 10.1. The van der Waals surface area contributed by atoms with Gasteiger partial charge in [-0.25, -0.2) is 4.98 Å². The van der Waals surface area contributed by atoms with Gasteiger partial charge < -0.3 is 14.5 Å². The smallest absolute Gasteiger partial charge is 0.177 e. The first-order valence-electron chi connectivity index (χ1n) is 8.70. The van der Waals surface area contributed by atoms with Crippen LogP contribution in [0.3, 0.4) is 0 Å². The standard InChI is InChI=1S/C17H21N7O/c1-11-10-25-8-7-23(11)16-12-4-6-22(2)15(12)13-9-19-24(17(13)20-16)14-3-5-18-21-14/h3,5,9,11H,4,6-8,10H2,1-2H3,(H,18,21). The monoisotopic (exact) mass is 339 g/mol. The van der Waals surface area contributed by atoms with E-state index in [2.05, 4.69) is 39.1 Å². The molecule has 0 spiro atoms. The Hall–Kier alpha value is -2.61. The molecule has 130 valence electrons. The fraction of sp³-hybridized carbons (Fsp3) is 0.471. The van der Waals surface area contributed by atoms with Gasteiger partial charge in [-0.3, -0.25) is 5.10 Å². The van der Waals surface area contributed by atoms with Crippen molar-refractivity contribution in [3.05, 3.63) is 24.0 Å². The van der Waals surface area contributed by atoms with Gasteiger partial charge in [-0.1, -0.05) is 0 Å². The quantitative estimate of drug-likeness (QED) is 0.760. The maximum Gasteiger partial charge on any atom is 0.177 e. The average Bonchev–Trinajstić information content (AvgIpc) is 3.33. The predicted molar refractivity (Wildman–Crippen MR) is 95.6 cm³/mol. The lowest BCUT2D eigenvalue weighted by Gasteiger charge is -2.35. The van der Waals surface area contributed by atoms with Crippen LogP contribution >= 0.6 is 0 Å². The van der Waals surface area contributed by atoms with E-state index in [-0.39, 0.29) is 0 Å². The van der Waals surface area contributed by atoms with Crippen molar-refractivity contribution in [1.82, 2.24) is 25.0 Å². The number of hydrogen-bond donors (Lipinski definition) is 1. The Kier molecular flexibility index (Phi) is 3.21. The van der Waals surface area contributed by atoms with Gasteiger partial charge in [0.1, 0.15) is 5.82 Å². The molecular formula is C17H21N7O. The molecule has 0 aromatic carbocycles. The molecule has 2 aliphatic rings. The number of likely N-dealkylation sites (N-methyl/N-ethyl adjacent to an activating group) is 1. The second kappa shape index (κ2) is 5.45. The van der Waals surface area contributed by atoms with Crippen LogP contribution in [-0.4, -0.2) is 64.4 Å². The molecule has 25 heavy (non-hydrogen) atoms. The number of morpholine rings is 1. The molecule has 0 amide bonds. The van der Waals surface area contributed by atoms with E-state index in [0.717, 1.165) is 55.4 Å². The van der Waals surface area contributed by atoms with Crippen molar-refractivity contribution in [3.63, 3.8) is 0 Å². The zero-order chi connectivity index (χ0) is 17.0. The van der Waals surface area contributed by atoms with Gasteiger partial charge in [0.2, 0.25) is 0 Å². The van der Waals surface area contributed by atoms with Crippen LogP contribution in [0, 0.1) is 0 Å². The molecule has 1 unspecified atom stereocenters. The molecule has 5 heterocycles. The third kappa shape index (κ3) is 2.13. The predicted octanol–water partition coefficient (Wildman–Crippen LogP) is 1.36. The lowest BCUT2D eigenvalue weighted by molar-refractivity contribution is 0.0985. The Labute approximate surface area is 145 Å². The Morgan fingerprint density at radius 3 is 3.04 bits per heavy atom. The zero-order valence-electron chi connectivity index (χ0n) is 14.4. The maximum atomic E-state index is 5.62. The number of H-pyrrole nitrogens is 1. The van der Waals surface area contributed by atoms with Crippen LogP contribution in [0.4, 0.5) is 11.5 Å². The highest BCUT2D eigenvalue weighted by molar-refractivity contribution is 5.96. The topological polar surface area (TPSA) is 75.1 Å². The highest BCUT2D eigenvalue weighted by atomic mass is 16.5. The van der Waals surface area contributed by atoms with Crippen LogP contribution in [0.15, 0.2) is 18.5 Å². The summed E-state index contributed by atoms with van der Waals surface area (Å²) in [6.45, 7) is 5.55. The number of nitrogens with one attached hydrogen (secondary N) is 1. The van der Waals surface area contributed by atoms with Gasteiger partial charge in [0, 0.05) is 38.0 Å². The van der Waals surface area contributed by atoms with E-state index >= 15 is 0 Å². The number of fused-ring (bicyclic) bond motifs is 3. The number of nitrogens with zero attached hydrogens (tertiary/aromatic N) is 6. The van der Waals surface area contributed by atoms with Crippen LogP contribution in [0.25, 0.3) is 16.9 Å².